The largest absolute Gasteiger partial charge is 0.380 e. The molecule has 0 aliphatic rings. The quantitative estimate of drug-likeness (QED) is 0.655. The number of ether oxygens (including phenoxy) is 1. The third-order valence-corrected chi connectivity index (χ3v) is 2.37. The number of hydrogen-bond donors (Lipinski definition) is 1. The Morgan fingerprint density at radius 3 is 2.62 bits per heavy atom. The molecule has 1 rings (SSSR count). The predicted molar refractivity (Wildman–Crippen MR) is 55.5 cm³/mol. The van der Waals surface area contributed by atoms with Crippen molar-refractivity contribution in [3.8, 4) is 0 Å². The van der Waals surface area contributed by atoms with E-state index in [4.69, 9.17) is 17.3 Å². The van der Waals surface area contributed by atoms with Crippen molar-refractivity contribution < 1.29 is 18.3 Å². The van der Waals surface area contributed by atoms with Gasteiger partial charge in [-0.15, -0.1) is 0 Å². The van der Waals surface area contributed by atoms with E-state index >= 15 is 0 Å². The maximum Gasteiger partial charge on any atom is 0.179 e. The number of rotatable bonds is 4. The summed E-state index contributed by atoms with van der Waals surface area (Å²) in [7, 11) is 1.33. The maximum absolute atomic E-state index is 13.5. The third kappa shape index (κ3) is 2.37. The summed E-state index contributed by atoms with van der Waals surface area (Å²) >= 11 is 5.71. The highest BCUT2D eigenvalue weighted by Gasteiger charge is 2.20. The Balaban J connectivity index is 3.33. The van der Waals surface area contributed by atoms with Crippen molar-refractivity contribution in [2.24, 2.45) is 5.73 Å². The van der Waals surface area contributed by atoms with Gasteiger partial charge in [-0.1, -0.05) is 11.6 Å². The highest BCUT2D eigenvalue weighted by molar-refractivity contribution is 6.31. The summed E-state index contributed by atoms with van der Waals surface area (Å²) in [6, 6.07) is 1.06. The molecule has 3 nitrogen and oxygen atoms in total. The average molecular weight is 250 g/mol. The minimum Gasteiger partial charge on any atom is -0.380 e. The molecule has 0 fully saturated rings. The first kappa shape index (κ1) is 13.0. The lowest BCUT2D eigenvalue weighted by atomic mass is 10.1. The molecule has 0 heterocycles. The summed E-state index contributed by atoms with van der Waals surface area (Å²) in [6.45, 7) is -0.574. The topological polar surface area (TPSA) is 52.3 Å². The Morgan fingerprint density at radius 2 is 2.12 bits per heavy atom. The van der Waals surface area contributed by atoms with E-state index in [1.54, 1.807) is 0 Å². The van der Waals surface area contributed by atoms with Crippen LogP contribution in [0.3, 0.4) is 0 Å². The molecule has 6 heteroatoms. The Hall–Kier alpha value is -1.04. The number of nitrogens with two attached hydrogens (primary N) is 1. The molecular formula is C10H10ClF2NO2. The van der Waals surface area contributed by atoms with Crippen LogP contribution in [0.2, 0.25) is 5.02 Å². The van der Waals surface area contributed by atoms with E-state index in [0.29, 0.717) is 0 Å². The summed E-state index contributed by atoms with van der Waals surface area (Å²) in [4.78, 5) is 11.2. The van der Waals surface area contributed by atoms with Gasteiger partial charge in [0.1, 0.15) is 0 Å². The lowest BCUT2D eigenvalue weighted by Crippen LogP contribution is -2.16. The normalized spacial score (nSPS) is 10.6. The zero-order valence-electron chi connectivity index (χ0n) is 8.52. The molecule has 0 aliphatic carbocycles. The predicted octanol–water partition coefficient (Wildman–Crippen LogP) is 1.91. The van der Waals surface area contributed by atoms with Crippen molar-refractivity contribution in [3.63, 3.8) is 0 Å². The Morgan fingerprint density at radius 1 is 1.50 bits per heavy atom. The Labute approximate surface area is 96.1 Å². The van der Waals surface area contributed by atoms with E-state index in [0.717, 1.165) is 6.07 Å². The molecule has 16 heavy (non-hydrogen) atoms. The zero-order valence-corrected chi connectivity index (χ0v) is 9.28. The smallest absolute Gasteiger partial charge is 0.179 e. The van der Waals surface area contributed by atoms with Crippen molar-refractivity contribution >= 4 is 17.4 Å². The van der Waals surface area contributed by atoms with Gasteiger partial charge < -0.3 is 10.5 Å². The van der Waals surface area contributed by atoms with Crippen LogP contribution in [0, 0.1) is 11.6 Å². The summed E-state index contributed by atoms with van der Waals surface area (Å²) < 4.78 is 31.6. The molecule has 0 saturated heterocycles. The number of benzene rings is 1. The van der Waals surface area contributed by atoms with Crippen LogP contribution in [-0.2, 0) is 11.3 Å². The van der Waals surface area contributed by atoms with Crippen LogP contribution in [0.15, 0.2) is 6.07 Å². The lowest BCUT2D eigenvalue weighted by Gasteiger charge is -2.09. The van der Waals surface area contributed by atoms with Gasteiger partial charge in [0, 0.05) is 17.7 Å². The van der Waals surface area contributed by atoms with Crippen LogP contribution >= 0.6 is 11.6 Å². The van der Waals surface area contributed by atoms with Crippen LogP contribution < -0.4 is 5.73 Å². The van der Waals surface area contributed by atoms with Crippen molar-refractivity contribution in [1.82, 2.24) is 0 Å². The van der Waals surface area contributed by atoms with Crippen molar-refractivity contribution in [1.29, 1.82) is 0 Å². The van der Waals surface area contributed by atoms with Crippen LogP contribution in [0.4, 0.5) is 8.78 Å². The fourth-order valence-corrected chi connectivity index (χ4v) is 1.47. The third-order valence-electron chi connectivity index (χ3n) is 2.03. The molecule has 0 spiro atoms. The van der Waals surface area contributed by atoms with E-state index < -0.39 is 29.5 Å². The molecule has 1 aromatic rings. The molecule has 0 atom stereocenters. The van der Waals surface area contributed by atoms with Gasteiger partial charge in [-0.05, 0) is 6.07 Å². The number of methoxy groups -OCH3 is 1. The van der Waals surface area contributed by atoms with Crippen LogP contribution in [0.5, 0.6) is 0 Å². The Bertz CT molecular complexity index is 424. The second-order valence-electron chi connectivity index (χ2n) is 3.07. The molecule has 0 bridgehead atoms. The second kappa shape index (κ2) is 5.34. The van der Waals surface area contributed by atoms with E-state index in [9.17, 15) is 13.6 Å². The number of halogens is 3. The van der Waals surface area contributed by atoms with Crippen molar-refractivity contribution in [2.45, 2.75) is 6.61 Å². The minimum absolute atomic E-state index is 0.0578. The van der Waals surface area contributed by atoms with Gasteiger partial charge in [0.15, 0.2) is 17.4 Å². The molecular weight excluding hydrogens is 240 g/mol. The van der Waals surface area contributed by atoms with Gasteiger partial charge in [0.25, 0.3) is 0 Å². The van der Waals surface area contributed by atoms with Gasteiger partial charge >= 0.3 is 0 Å². The lowest BCUT2D eigenvalue weighted by molar-refractivity contribution is 0.0996. The first-order valence-electron chi connectivity index (χ1n) is 4.41. The fraction of sp³-hybridized carbons (Fsp3) is 0.300. The molecule has 88 valence electrons. The van der Waals surface area contributed by atoms with Crippen LogP contribution in [-0.4, -0.2) is 19.4 Å². The molecule has 0 aliphatic heterocycles. The van der Waals surface area contributed by atoms with Gasteiger partial charge in [-0.25, -0.2) is 8.78 Å². The van der Waals surface area contributed by atoms with Gasteiger partial charge in [-0.3, -0.25) is 4.79 Å². The van der Waals surface area contributed by atoms with Crippen LogP contribution in [0.1, 0.15) is 15.9 Å². The standard InChI is InChI=1S/C10H10ClF2NO2/c1-16-4-6-7(11)2-5(8(15)3-14)9(12)10(6)13/h2H,3-4,14H2,1H3. The summed E-state index contributed by atoms with van der Waals surface area (Å²) in [5, 5.41) is -0.0578. The molecule has 0 unspecified atom stereocenters. The average Bonchev–Trinajstić information content (AvgIpc) is 2.28. The van der Waals surface area contributed by atoms with Gasteiger partial charge in [0.2, 0.25) is 0 Å². The summed E-state index contributed by atoms with van der Waals surface area (Å²) in [6.07, 6.45) is 0. The minimum atomic E-state index is -1.24. The summed E-state index contributed by atoms with van der Waals surface area (Å²) in [5.74, 6) is -3.12. The molecule has 0 aromatic heterocycles. The van der Waals surface area contributed by atoms with Gasteiger partial charge in [0.05, 0.1) is 18.7 Å². The first-order chi connectivity index (χ1) is 7.52. The highest BCUT2D eigenvalue weighted by atomic mass is 35.5. The molecule has 0 radical (unpaired) electrons. The number of hydrogen-bond acceptors (Lipinski definition) is 3. The summed E-state index contributed by atoms with van der Waals surface area (Å²) in [5.41, 5.74) is 4.51. The molecule has 0 amide bonds. The SMILES string of the molecule is COCc1c(Cl)cc(C(=O)CN)c(F)c1F. The highest BCUT2D eigenvalue weighted by Crippen LogP contribution is 2.25. The first-order valence-corrected chi connectivity index (χ1v) is 4.79. The molecule has 2 N–H and O–H groups in total. The van der Waals surface area contributed by atoms with Crippen LogP contribution in [0.25, 0.3) is 0 Å². The maximum atomic E-state index is 13.5. The van der Waals surface area contributed by atoms with Crippen molar-refractivity contribution in [3.05, 3.63) is 33.9 Å². The number of carbonyl (C=O) groups excluding carboxylic acids is 1. The number of ketones is 1. The van der Waals surface area contributed by atoms with Crippen molar-refractivity contribution in [2.75, 3.05) is 13.7 Å². The molecule has 0 saturated carbocycles. The Kier molecular flexibility index (Phi) is 4.35. The second-order valence-corrected chi connectivity index (χ2v) is 3.48. The zero-order chi connectivity index (χ0) is 12.3. The van der Waals surface area contributed by atoms with E-state index in [-0.39, 0.29) is 17.2 Å². The van der Waals surface area contributed by atoms with E-state index in [1.807, 2.05) is 0 Å². The monoisotopic (exact) mass is 249 g/mol. The fourth-order valence-electron chi connectivity index (χ4n) is 1.22. The number of carbonyl (C=O) groups is 1. The number of Topliss-reactive ketones (excluding diaryl/α,β-unsaturated/α-hetero) is 1. The molecule has 1 aromatic carbocycles. The van der Waals surface area contributed by atoms with E-state index in [1.165, 1.54) is 7.11 Å². The van der Waals surface area contributed by atoms with Gasteiger partial charge in [-0.2, -0.15) is 0 Å². The van der Waals surface area contributed by atoms with E-state index in [2.05, 4.69) is 4.74 Å².